The normalized spacial score (nSPS) is 14.0. The van der Waals surface area contributed by atoms with Gasteiger partial charge in [-0.3, -0.25) is 14.1 Å². The molecule has 0 amide bonds. The number of hydrogen-bond acceptors (Lipinski definition) is 7. The Hall–Kier alpha value is -1.76. The average Bonchev–Trinajstić information content (AvgIpc) is 3.01. The predicted octanol–water partition coefficient (Wildman–Crippen LogP) is 4.65. The molecule has 36 heavy (non-hydrogen) atoms. The van der Waals surface area contributed by atoms with Crippen molar-refractivity contribution >= 4 is 37.7 Å². The fourth-order valence-electron chi connectivity index (χ4n) is 3.16. The van der Waals surface area contributed by atoms with Gasteiger partial charge in [0.25, 0.3) is 20.2 Å². The minimum Gasteiger partial charge on any atom is -0.304 e. The van der Waals surface area contributed by atoms with E-state index in [-0.39, 0.29) is 11.5 Å². The van der Waals surface area contributed by atoms with Crippen molar-refractivity contribution in [3.63, 3.8) is 0 Å². The first-order valence-corrected chi connectivity index (χ1v) is 16.1. The highest BCUT2D eigenvalue weighted by Crippen LogP contribution is 2.33. The first-order chi connectivity index (χ1) is 17.0. The molecule has 2 N–H and O–H groups in total. The number of hydrogen-bond donors (Lipinski definition) is 2. The lowest BCUT2D eigenvalue weighted by Gasteiger charge is -2.17. The molecule has 0 unspecified atom stereocenters. The van der Waals surface area contributed by atoms with Gasteiger partial charge in [-0.1, -0.05) is 56.3 Å². The van der Waals surface area contributed by atoms with E-state index in [4.69, 9.17) is 14.1 Å². The molecule has 8 nitrogen and oxygen atoms in total. The highest BCUT2D eigenvalue weighted by Gasteiger charge is 2.18. The second-order valence-corrected chi connectivity index (χ2v) is 12.3. The third-order valence-corrected chi connectivity index (χ3v) is 7.91. The molecular weight excluding hydrogens is 520 g/mol. The van der Waals surface area contributed by atoms with E-state index in [0.29, 0.717) is 0 Å². The van der Waals surface area contributed by atoms with Gasteiger partial charge in [-0.05, 0) is 51.5 Å². The van der Waals surface area contributed by atoms with Gasteiger partial charge in [0.1, 0.15) is 0 Å². The summed E-state index contributed by atoms with van der Waals surface area (Å²) >= 11 is 1.92. The summed E-state index contributed by atoms with van der Waals surface area (Å²) in [6, 6.07) is 17.4. The summed E-state index contributed by atoms with van der Waals surface area (Å²) in [5, 5.41) is 0. The van der Waals surface area contributed by atoms with E-state index in [2.05, 4.69) is 67.3 Å². The Bertz CT molecular complexity index is 1100. The summed E-state index contributed by atoms with van der Waals surface area (Å²) in [5.41, 5.74) is 5.15. The smallest absolute Gasteiger partial charge is 0.264 e. The summed E-state index contributed by atoms with van der Waals surface area (Å²) in [6.07, 6.45) is 1.11. The summed E-state index contributed by atoms with van der Waals surface area (Å²) in [5.74, 6) is 0.617. The van der Waals surface area contributed by atoms with Crippen molar-refractivity contribution in [1.29, 1.82) is 0 Å². The zero-order chi connectivity index (χ0) is 27.2. The molecule has 1 aliphatic rings. The largest absolute Gasteiger partial charge is 0.304 e. The molecule has 3 rings (SSSR count). The molecule has 0 saturated heterocycles. The zero-order valence-corrected chi connectivity index (χ0v) is 23.9. The number of aliphatic imine (C=N–C) groups is 1. The Morgan fingerprint density at radius 3 is 1.86 bits per heavy atom. The molecule has 2 aromatic carbocycles. The van der Waals surface area contributed by atoms with E-state index in [1.165, 1.54) is 41.1 Å². The second kappa shape index (κ2) is 16.2. The number of nitrogens with zero attached hydrogens (tertiary/aromatic N) is 2. The molecule has 0 atom stereocenters. The molecule has 1 aliphatic heterocycles. The monoisotopic (exact) mass is 558 g/mol. The van der Waals surface area contributed by atoms with Gasteiger partial charge in [0.2, 0.25) is 0 Å². The summed E-state index contributed by atoms with van der Waals surface area (Å²) in [4.78, 5) is 8.85. The van der Waals surface area contributed by atoms with Crippen molar-refractivity contribution in [3.05, 3.63) is 65.2 Å². The number of thioether (sulfide) groups is 1. The predicted molar refractivity (Wildman–Crippen MR) is 150 cm³/mol. The highest BCUT2D eigenvalue weighted by molar-refractivity contribution is 7.98. The molecule has 0 fully saturated rings. The third-order valence-electron chi connectivity index (χ3n) is 5.32. The van der Waals surface area contributed by atoms with E-state index < -0.39 is 20.2 Å². The Labute approximate surface area is 220 Å². The maximum Gasteiger partial charge on any atom is 0.264 e. The van der Waals surface area contributed by atoms with Crippen molar-refractivity contribution in [3.8, 4) is 0 Å². The molecule has 0 bridgehead atoms. The molecule has 0 saturated carbocycles. The first kappa shape index (κ1) is 32.3. The Morgan fingerprint density at radius 1 is 0.833 bits per heavy atom. The van der Waals surface area contributed by atoms with Gasteiger partial charge in [-0.2, -0.15) is 16.8 Å². The minimum atomic E-state index is -3.66. The van der Waals surface area contributed by atoms with Crippen molar-refractivity contribution < 1.29 is 25.9 Å². The first-order valence-electron chi connectivity index (χ1n) is 11.9. The Kier molecular flexibility index (Phi) is 14.5. The summed E-state index contributed by atoms with van der Waals surface area (Å²) in [6.45, 7) is 11.4. The van der Waals surface area contributed by atoms with Gasteiger partial charge < -0.3 is 4.90 Å². The van der Waals surface area contributed by atoms with Crippen LogP contribution in [-0.4, -0.2) is 74.2 Å². The topological polar surface area (TPSA) is 124 Å². The molecule has 202 valence electrons. The van der Waals surface area contributed by atoms with Gasteiger partial charge in [0.05, 0.1) is 17.2 Å². The Balaban J connectivity index is 0.000000450. The van der Waals surface area contributed by atoms with Crippen LogP contribution in [0.2, 0.25) is 0 Å². The van der Waals surface area contributed by atoms with Gasteiger partial charge in [0, 0.05) is 28.3 Å². The highest BCUT2D eigenvalue weighted by atomic mass is 32.2. The lowest BCUT2D eigenvalue weighted by atomic mass is 9.98. The maximum atomic E-state index is 9.56. The van der Waals surface area contributed by atoms with E-state index in [1.807, 2.05) is 11.8 Å². The molecule has 2 aromatic rings. The van der Waals surface area contributed by atoms with E-state index in [9.17, 15) is 16.8 Å². The summed E-state index contributed by atoms with van der Waals surface area (Å²) in [7, 11) is -7.32. The SMILES string of the molecule is CCN(CC)CCC/N=C1/c2ccccc2CSc2ccccc21.CCS(=O)(=O)O.CCS(=O)(=O)O. The molecule has 11 heteroatoms. The summed E-state index contributed by atoms with van der Waals surface area (Å²) < 4.78 is 53.8. The van der Waals surface area contributed by atoms with Crippen molar-refractivity contribution in [2.75, 3.05) is 37.7 Å². The van der Waals surface area contributed by atoms with Crippen LogP contribution in [0.3, 0.4) is 0 Å². The van der Waals surface area contributed by atoms with Gasteiger partial charge >= 0.3 is 0 Å². The van der Waals surface area contributed by atoms with E-state index >= 15 is 0 Å². The van der Waals surface area contributed by atoms with Gasteiger partial charge in [-0.25, -0.2) is 0 Å². The van der Waals surface area contributed by atoms with E-state index in [1.54, 1.807) is 0 Å². The van der Waals surface area contributed by atoms with Crippen molar-refractivity contribution in [2.24, 2.45) is 4.99 Å². The quantitative estimate of drug-likeness (QED) is 0.354. The maximum absolute atomic E-state index is 9.56. The fraction of sp³-hybridized carbons (Fsp3) is 0.480. The molecular formula is C25H38N2O6S3. The Morgan fingerprint density at radius 2 is 1.33 bits per heavy atom. The van der Waals surface area contributed by atoms with Crippen LogP contribution in [0.25, 0.3) is 0 Å². The van der Waals surface area contributed by atoms with Crippen LogP contribution >= 0.6 is 11.8 Å². The van der Waals surface area contributed by atoms with Crippen molar-refractivity contribution in [2.45, 2.75) is 44.8 Å². The van der Waals surface area contributed by atoms with Crippen LogP contribution in [0.1, 0.15) is 50.8 Å². The van der Waals surface area contributed by atoms with Gasteiger partial charge in [0.15, 0.2) is 0 Å². The average molecular weight is 559 g/mol. The van der Waals surface area contributed by atoms with E-state index in [0.717, 1.165) is 38.4 Å². The second-order valence-electron chi connectivity index (χ2n) is 7.79. The van der Waals surface area contributed by atoms with Crippen LogP contribution < -0.4 is 0 Å². The molecule has 0 aliphatic carbocycles. The molecule has 0 radical (unpaired) electrons. The van der Waals surface area contributed by atoms with Crippen LogP contribution in [0, 0.1) is 0 Å². The standard InChI is InChI=1S/C21H26N2S.2C2H6O3S/c1-3-23(4-2)15-9-14-22-21-18-11-6-5-10-17(18)16-24-20-13-8-7-12-19(20)21;2*1-2-6(3,4)5/h5-8,10-13H,3-4,9,14-16H2,1-2H3;2*2H2,1H3,(H,3,4,5)/b22-21-;;. The van der Waals surface area contributed by atoms with Crippen LogP contribution in [0.4, 0.5) is 0 Å². The number of rotatable bonds is 8. The van der Waals surface area contributed by atoms with Gasteiger partial charge in [-0.15, -0.1) is 11.8 Å². The zero-order valence-electron chi connectivity index (χ0n) is 21.4. The lowest BCUT2D eigenvalue weighted by molar-refractivity contribution is 0.302. The van der Waals surface area contributed by atoms with Crippen LogP contribution in [0.5, 0.6) is 0 Å². The number of benzene rings is 2. The van der Waals surface area contributed by atoms with Crippen molar-refractivity contribution in [1.82, 2.24) is 4.90 Å². The molecule has 0 spiro atoms. The van der Waals surface area contributed by atoms with Crippen LogP contribution in [-0.2, 0) is 26.0 Å². The third kappa shape index (κ3) is 12.5. The van der Waals surface area contributed by atoms with Crippen LogP contribution in [0.15, 0.2) is 58.4 Å². The number of fused-ring (bicyclic) bond motifs is 2. The molecule has 1 heterocycles. The molecule has 0 aromatic heterocycles. The minimum absolute atomic E-state index is 0.201. The lowest BCUT2D eigenvalue weighted by Crippen LogP contribution is -2.24. The fourth-order valence-corrected chi connectivity index (χ4v) is 4.22.